The van der Waals surface area contributed by atoms with Crippen molar-refractivity contribution in [2.45, 2.75) is 6.61 Å². The standard InChI is InChI=1S/C14H9N3O2/c15-6-11-5-10(9-18)1-4-14(11)19-13-3-2-12(7-16)17-8-13/h1-5,8,18H,9H2. The predicted molar refractivity (Wildman–Crippen MR) is 66.1 cm³/mol. The van der Waals surface area contributed by atoms with Crippen LogP contribution in [0.2, 0.25) is 0 Å². The number of aliphatic hydroxyl groups is 1. The summed E-state index contributed by atoms with van der Waals surface area (Å²) in [6, 6.07) is 11.9. The van der Waals surface area contributed by atoms with Crippen LogP contribution in [0.15, 0.2) is 36.5 Å². The smallest absolute Gasteiger partial charge is 0.145 e. The van der Waals surface area contributed by atoms with E-state index >= 15 is 0 Å². The molecule has 0 amide bonds. The molecular formula is C14H9N3O2. The lowest BCUT2D eigenvalue weighted by Gasteiger charge is -2.07. The monoisotopic (exact) mass is 251 g/mol. The van der Waals surface area contributed by atoms with Crippen LogP contribution in [0.25, 0.3) is 0 Å². The average Bonchev–Trinajstić information content (AvgIpc) is 2.48. The molecule has 0 unspecified atom stereocenters. The van der Waals surface area contributed by atoms with Crippen molar-refractivity contribution in [1.29, 1.82) is 10.5 Å². The third-order valence-corrected chi connectivity index (χ3v) is 2.43. The molecule has 1 N–H and O–H groups in total. The first kappa shape index (κ1) is 12.6. The Hall–Kier alpha value is -2.89. The maximum Gasteiger partial charge on any atom is 0.145 e. The Morgan fingerprint density at radius 3 is 2.58 bits per heavy atom. The predicted octanol–water partition coefficient (Wildman–Crippen LogP) is 2.11. The molecule has 2 rings (SSSR count). The van der Waals surface area contributed by atoms with Gasteiger partial charge >= 0.3 is 0 Å². The molecule has 0 saturated heterocycles. The van der Waals surface area contributed by atoms with E-state index in [0.29, 0.717) is 28.3 Å². The topological polar surface area (TPSA) is 89.9 Å². The summed E-state index contributed by atoms with van der Waals surface area (Å²) in [5, 5.41) is 26.7. The minimum absolute atomic E-state index is 0.132. The molecular weight excluding hydrogens is 242 g/mol. The van der Waals surface area contributed by atoms with Gasteiger partial charge in [-0.3, -0.25) is 0 Å². The summed E-state index contributed by atoms with van der Waals surface area (Å²) >= 11 is 0. The van der Waals surface area contributed by atoms with Gasteiger partial charge in [0.2, 0.25) is 0 Å². The van der Waals surface area contributed by atoms with Crippen LogP contribution in [0.4, 0.5) is 0 Å². The van der Waals surface area contributed by atoms with Gasteiger partial charge < -0.3 is 9.84 Å². The Morgan fingerprint density at radius 1 is 1.16 bits per heavy atom. The van der Waals surface area contributed by atoms with Crippen LogP contribution in [-0.4, -0.2) is 10.1 Å². The number of nitrogens with zero attached hydrogens (tertiary/aromatic N) is 3. The molecule has 5 heteroatoms. The minimum Gasteiger partial charge on any atom is -0.454 e. The van der Waals surface area contributed by atoms with Gasteiger partial charge in [0.15, 0.2) is 0 Å². The Balaban J connectivity index is 2.28. The lowest BCUT2D eigenvalue weighted by molar-refractivity contribution is 0.281. The zero-order chi connectivity index (χ0) is 13.7. The van der Waals surface area contributed by atoms with Crippen molar-refractivity contribution >= 4 is 0 Å². The van der Waals surface area contributed by atoms with Crippen molar-refractivity contribution in [3.8, 4) is 23.6 Å². The number of benzene rings is 1. The fourth-order valence-electron chi connectivity index (χ4n) is 1.49. The van der Waals surface area contributed by atoms with Crippen LogP contribution >= 0.6 is 0 Å². The molecule has 0 aliphatic rings. The number of aromatic nitrogens is 1. The molecule has 0 radical (unpaired) electrons. The highest BCUT2D eigenvalue weighted by molar-refractivity contribution is 5.47. The number of aliphatic hydroxyl groups excluding tert-OH is 1. The average molecular weight is 251 g/mol. The lowest BCUT2D eigenvalue weighted by atomic mass is 10.1. The van der Waals surface area contributed by atoms with Crippen LogP contribution in [-0.2, 0) is 6.61 Å². The van der Waals surface area contributed by atoms with E-state index in [1.54, 1.807) is 24.3 Å². The number of hydrogen-bond donors (Lipinski definition) is 1. The zero-order valence-electron chi connectivity index (χ0n) is 9.87. The minimum atomic E-state index is -0.132. The van der Waals surface area contributed by atoms with E-state index in [4.69, 9.17) is 20.4 Å². The van der Waals surface area contributed by atoms with Gasteiger partial charge in [-0.05, 0) is 29.8 Å². The van der Waals surface area contributed by atoms with Gasteiger partial charge in [-0.2, -0.15) is 10.5 Å². The summed E-state index contributed by atoms with van der Waals surface area (Å²) in [4.78, 5) is 3.87. The molecule has 19 heavy (non-hydrogen) atoms. The maximum atomic E-state index is 9.03. The number of pyridine rings is 1. The van der Waals surface area contributed by atoms with E-state index < -0.39 is 0 Å². The molecule has 0 spiro atoms. The van der Waals surface area contributed by atoms with Crippen LogP contribution in [0.3, 0.4) is 0 Å². The Kier molecular flexibility index (Phi) is 3.72. The van der Waals surface area contributed by atoms with E-state index in [1.165, 1.54) is 12.3 Å². The molecule has 1 heterocycles. The molecule has 0 aliphatic heterocycles. The number of nitriles is 2. The highest BCUT2D eigenvalue weighted by atomic mass is 16.5. The van der Waals surface area contributed by atoms with Crippen LogP contribution < -0.4 is 4.74 Å². The summed E-state index contributed by atoms with van der Waals surface area (Å²) < 4.78 is 5.52. The fraction of sp³-hybridized carbons (Fsp3) is 0.0714. The van der Waals surface area contributed by atoms with Crippen molar-refractivity contribution < 1.29 is 9.84 Å². The quantitative estimate of drug-likeness (QED) is 0.902. The van der Waals surface area contributed by atoms with Gasteiger partial charge in [-0.25, -0.2) is 4.98 Å². The van der Waals surface area contributed by atoms with Gasteiger partial charge in [0.1, 0.15) is 29.3 Å². The van der Waals surface area contributed by atoms with Gasteiger partial charge in [0.25, 0.3) is 0 Å². The van der Waals surface area contributed by atoms with E-state index in [0.717, 1.165) is 0 Å². The number of hydrogen-bond acceptors (Lipinski definition) is 5. The van der Waals surface area contributed by atoms with Gasteiger partial charge in [0.05, 0.1) is 18.4 Å². The molecule has 5 nitrogen and oxygen atoms in total. The van der Waals surface area contributed by atoms with Crippen molar-refractivity contribution in [1.82, 2.24) is 4.98 Å². The summed E-state index contributed by atoms with van der Waals surface area (Å²) in [5.41, 5.74) is 1.27. The largest absolute Gasteiger partial charge is 0.454 e. The van der Waals surface area contributed by atoms with Crippen molar-refractivity contribution in [2.24, 2.45) is 0 Å². The normalized spacial score (nSPS) is 9.42. The van der Waals surface area contributed by atoms with Gasteiger partial charge in [-0.15, -0.1) is 0 Å². The third-order valence-electron chi connectivity index (χ3n) is 2.43. The third kappa shape index (κ3) is 2.86. The molecule has 1 aromatic heterocycles. The van der Waals surface area contributed by atoms with Crippen molar-refractivity contribution in [3.63, 3.8) is 0 Å². The van der Waals surface area contributed by atoms with E-state index in [1.807, 2.05) is 12.1 Å². The SMILES string of the molecule is N#Cc1ccc(Oc2ccc(CO)cc2C#N)cn1. The second kappa shape index (κ2) is 5.63. The summed E-state index contributed by atoms with van der Waals surface area (Å²) in [6.07, 6.45) is 1.42. The molecule has 0 atom stereocenters. The fourth-order valence-corrected chi connectivity index (χ4v) is 1.49. The molecule has 0 aliphatic carbocycles. The molecule has 1 aromatic carbocycles. The second-order valence-electron chi connectivity index (χ2n) is 3.69. The first-order chi connectivity index (χ1) is 9.26. The van der Waals surface area contributed by atoms with Crippen molar-refractivity contribution in [3.05, 3.63) is 53.3 Å². The maximum absolute atomic E-state index is 9.03. The molecule has 0 fully saturated rings. The number of rotatable bonds is 3. The lowest BCUT2D eigenvalue weighted by Crippen LogP contribution is -1.92. The summed E-state index contributed by atoms with van der Waals surface area (Å²) in [6.45, 7) is -0.132. The second-order valence-corrected chi connectivity index (χ2v) is 3.69. The Labute approximate surface area is 109 Å². The van der Waals surface area contributed by atoms with Crippen LogP contribution in [0, 0.1) is 22.7 Å². The van der Waals surface area contributed by atoms with E-state index in [-0.39, 0.29) is 6.61 Å². The highest BCUT2D eigenvalue weighted by Gasteiger charge is 2.06. The summed E-state index contributed by atoms with van der Waals surface area (Å²) in [5.74, 6) is 0.818. The van der Waals surface area contributed by atoms with Crippen LogP contribution in [0.5, 0.6) is 11.5 Å². The van der Waals surface area contributed by atoms with E-state index in [9.17, 15) is 0 Å². The molecule has 92 valence electrons. The highest BCUT2D eigenvalue weighted by Crippen LogP contribution is 2.25. The first-order valence-electron chi connectivity index (χ1n) is 5.44. The van der Waals surface area contributed by atoms with Gasteiger partial charge in [0, 0.05) is 0 Å². The van der Waals surface area contributed by atoms with Gasteiger partial charge in [-0.1, -0.05) is 6.07 Å². The summed E-state index contributed by atoms with van der Waals surface area (Å²) in [7, 11) is 0. The first-order valence-corrected chi connectivity index (χ1v) is 5.44. The van der Waals surface area contributed by atoms with Crippen molar-refractivity contribution in [2.75, 3.05) is 0 Å². The van der Waals surface area contributed by atoms with Crippen LogP contribution in [0.1, 0.15) is 16.8 Å². The van der Waals surface area contributed by atoms with E-state index in [2.05, 4.69) is 4.98 Å². The molecule has 0 bridgehead atoms. The molecule has 0 saturated carbocycles. The Bertz CT molecular complexity index is 667. The Morgan fingerprint density at radius 2 is 2.00 bits per heavy atom. The number of ether oxygens (including phenoxy) is 1. The molecule has 2 aromatic rings. The zero-order valence-corrected chi connectivity index (χ0v) is 9.87.